The molecule has 0 heterocycles. The molecule has 1 N–H and O–H groups in total. The zero-order valence-corrected chi connectivity index (χ0v) is 10.7. The Balaban J connectivity index is 2.97. The third-order valence-corrected chi connectivity index (χ3v) is 2.74. The van der Waals surface area contributed by atoms with Crippen LogP contribution in [0.4, 0.5) is 23.7 Å². The van der Waals surface area contributed by atoms with Crippen LogP contribution in [0.15, 0.2) is 24.3 Å². The Kier molecular flexibility index (Phi) is 4.89. The number of benzene rings is 1. The maximum absolute atomic E-state index is 12.4. The van der Waals surface area contributed by atoms with Gasteiger partial charge >= 0.3 is 12.2 Å². The number of amides is 2. The Hall–Kier alpha value is -1.37. The highest BCUT2D eigenvalue weighted by atomic mass is 32.2. The minimum atomic E-state index is -4.37. The molecule has 2 amide bonds. The second-order valence-electron chi connectivity index (χ2n) is 3.45. The SMILES string of the molecule is CNC(=O)N(CSC)c1ccc(C(F)(F)F)cc1. The predicted molar refractivity (Wildman–Crippen MR) is 66.8 cm³/mol. The van der Waals surface area contributed by atoms with Gasteiger partial charge in [-0.2, -0.15) is 13.2 Å². The standard InChI is InChI=1S/C11H13F3N2OS/c1-15-10(17)16(7-18-2)9-5-3-8(4-6-9)11(12,13)14/h3-6H,7H2,1-2H3,(H,15,17). The van der Waals surface area contributed by atoms with Gasteiger partial charge in [0, 0.05) is 12.7 Å². The molecule has 100 valence electrons. The number of thioether (sulfide) groups is 1. The van der Waals surface area contributed by atoms with E-state index in [1.165, 1.54) is 35.8 Å². The summed E-state index contributed by atoms with van der Waals surface area (Å²) in [6.07, 6.45) is -2.56. The molecule has 0 saturated heterocycles. The van der Waals surface area contributed by atoms with Crippen LogP contribution < -0.4 is 10.2 Å². The lowest BCUT2D eigenvalue weighted by molar-refractivity contribution is -0.137. The average molecular weight is 278 g/mol. The molecule has 0 fully saturated rings. The molecule has 0 unspecified atom stereocenters. The predicted octanol–water partition coefficient (Wildman–Crippen LogP) is 3.17. The lowest BCUT2D eigenvalue weighted by Gasteiger charge is -2.21. The number of hydrogen-bond acceptors (Lipinski definition) is 2. The molecule has 0 aliphatic heterocycles. The number of alkyl halides is 3. The quantitative estimate of drug-likeness (QED) is 0.861. The van der Waals surface area contributed by atoms with Crippen molar-refractivity contribution in [3.63, 3.8) is 0 Å². The van der Waals surface area contributed by atoms with Crippen LogP contribution in [0.3, 0.4) is 0 Å². The van der Waals surface area contributed by atoms with Gasteiger partial charge in [-0.1, -0.05) is 0 Å². The molecule has 1 aromatic rings. The first kappa shape index (κ1) is 14.7. The van der Waals surface area contributed by atoms with E-state index >= 15 is 0 Å². The van der Waals surface area contributed by atoms with Crippen molar-refractivity contribution in [2.75, 3.05) is 24.1 Å². The van der Waals surface area contributed by atoms with Crippen LogP contribution in [0, 0.1) is 0 Å². The Bertz CT molecular complexity index is 406. The summed E-state index contributed by atoms with van der Waals surface area (Å²) in [5.74, 6) is 0.366. The second-order valence-corrected chi connectivity index (χ2v) is 4.28. The summed E-state index contributed by atoms with van der Waals surface area (Å²) in [4.78, 5) is 12.9. The van der Waals surface area contributed by atoms with Gasteiger partial charge < -0.3 is 5.32 Å². The summed E-state index contributed by atoms with van der Waals surface area (Å²) in [6.45, 7) is 0. The lowest BCUT2D eigenvalue weighted by atomic mass is 10.2. The Labute approximate surface area is 107 Å². The minimum absolute atomic E-state index is 0.357. The average Bonchev–Trinajstić information content (AvgIpc) is 2.34. The summed E-state index contributed by atoms with van der Waals surface area (Å²) in [6, 6.07) is 4.14. The Morgan fingerprint density at radius 1 is 1.33 bits per heavy atom. The maximum atomic E-state index is 12.4. The third-order valence-electron chi connectivity index (χ3n) is 2.22. The number of carbonyl (C=O) groups excluding carboxylic acids is 1. The number of anilines is 1. The zero-order valence-electron chi connectivity index (χ0n) is 9.91. The molecule has 1 rings (SSSR count). The maximum Gasteiger partial charge on any atom is 0.416 e. The van der Waals surface area contributed by atoms with Crippen molar-refractivity contribution in [3.05, 3.63) is 29.8 Å². The summed E-state index contributed by atoms with van der Waals surface area (Å²) < 4.78 is 37.2. The van der Waals surface area contributed by atoms with Gasteiger partial charge in [0.1, 0.15) is 0 Å². The van der Waals surface area contributed by atoms with Crippen LogP contribution >= 0.6 is 11.8 Å². The van der Waals surface area contributed by atoms with Crippen LogP contribution in [-0.2, 0) is 6.18 Å². The van der Waals surface area contributed by atoms with Gasteiger partial charge in [0.05, 0.1) is 11.4 Å². The highest BCUT2D eigenvalue weighted by molar-refractivity contribution is 7.98. The van der Waals surface area contributed by atoms with Crippen molar-refractivity contribution in [3.8, 4) is 0 Å². The molecule has 1 aromatic carbocycles. The second kappa shape index (κ2) is 5.99. The van der Waals surface area contributed by atoms with E-state index in [-0.39, 0.29) is 6.03 Å². The van der Waals surface area contributed by atoms with E-state index in [9.17, 15) is 18.0 Å². The number of carbonyl (C=O) groups is 1. The highest BCUT2D eigenvalue weighted by Gasteiger charge is 2.30. The van der Waals surface area contributed by atoms with Gasteiger partial charge in [-0.05, 0) is 30.5 Å². The van der Waals surface area contributed by atoms with Crippen molar-refractivity contribution in [2.24, 2.45) is 0 Å². The van der Waals surface area contributed by atoms with E-state index in [2.05, 4.69) is 5.32 Å². The number of hydrogen-bond donors (Lipinski definition) is 1. The molecule has 0 aliphatic carbocycles. The molecule has 0 radical (unpaired) electrons. The topological polar surface area (TPSA) is 32.3 Å². The fourth-order valence-corrected chi connectivity index (χ4v) is 1.87. The summed E-state index contributed by atoms with van der Waals surface area (Å²) >= 11 is 1.40. The molecule has 7 heteroatoms. The summed E-state index contributed by atoms with van der Waals surface area (Å²) in [5, 5.41) is 2.44. The van der Waals surface area contributed by atoms with Crippen molar-refractivity contribution >= 4 is 23.5 Å². The fraction of sp³-hybridized carbons (Fsp3) is 0.364. The Morgan fingerprint density at radius 2 is 1.89 bits per heavy atom. The Morgan fingerprint density at radius 3 is 2.28 bits per heavy atom. The molecule has 0 aromatic heterocycles. The van der Waals surface area contributed by atoms with Crippen molar-refractivity contribution < 1.29 is 18.0 Å². The van der Waals surface area contributed by atoms with Crippen molar-refractivity contribution in [1.29, 1.82) is 0 Å². The minimum Gasteiger partial charge on any atom is -0.341 e. The van der Waals surface area contributed by atoms with E-state index < -0.39 is 11.7 Å². The first-order valence-corrected chi connectivity index (χ1v) is 6.45. The summed E-state index contributed by atoms with van der Waals surface area (Å²) in [7, 11) is 1.47. The number of nitrogens with one attached hydrogen (secondary N) is 1. The van der Waals surface area contributed by atoms with E-state index in [1.54, 1.807) is 6.26 Å². The molecule has 0 atom stereocenters. The largest absolute Gasteiger partial charge is 0.416 e. The number of rotatable bonds is 3. The van der Waals surface area contributed by atoms with Gasteiger partial charge in [0.2, 0.25) is 0 Å². The van der Waals surface area contributed by atoms with Gasteiger partial charge in [-0.15, -0.1) is 11.8 Å². The third kappa shape index (κ3) is 3.56. The van der Waals surface area contributed by atoms with E-state index in [0.29, 0.717) is 11.6 Å². The molecule has 18 heavy (non-hydrogen) atoms. The zero-order chi connectivity index (χ0) is 13.8. The van der Waals surface area contributed by atoms with E-state index in [1.807, 2.05) is 0 Å². The van der Waals surface area contributed by atoms with Crippen LogP contribution in [-0.4, -0.2) is 25.2 Å². The van der Waals surface area contributed by atoms with Crippen molar-refractivity contribution in [1.82, 2.24) is 5.32 Å². The highest BCUT2D eigenvalue weighted by Crippen LogP contribution is 2.30. The van der Waals surface area contributed by atoms with Crippen LogP contribution in [0.1, 0.15) is 5.56 Å². The molecular formula is C11H13F3N2OS. The number of halogens is 3. The molecule has 0 saturated carbocycles. The molecular weight excluding hydrogens is 265 g/mol. The fourth-order valence-electron chi connectivity index (χ4n) is 1.34. The number of urea groups is 1. The van der Waals surface area contributed by atoms with E-state index in [4.69, 9.17) is 0 Å². The van der Waals surface area contributed by atoms with Gasteiger partial charge in [0.15, 0.2) is 0 Å². The van der Waals surface area contributed by atoms with Gasteiger partial charge in [-0.3, -0.25) is 4.90 Å². The normalized spacial score (nSPS) is 11.2. The van der Waals surface area contributed by atoms with Crippen LogP contribution in [0.25, 0.3) is 0 Å². The van der Waals surface area contributed by atoms with Crippen LogP contribution in [0.5, 0.6) is 0 Å². The van der Waals surface area contributed by atoms with E-state index in [0.717, 1.165) is 12.1 Å². The van der Waals surface area contributed by atoms with Crippen molar-refractivity contribution in [2.45, 2.75) is 6.18 Å². The molecule has 0 aliphatic rings. The number of nitrogens with zero attached hydrogens (tertiary/aromatic N) is 1. The van der Waals surface area contributed by atoms with Crippen LogP contribution in [0.2, 0.25) is 0 Å². The lowest BCUT2D eigenvalue weighted by Crippen LogP contribution is -2.37. The molecule has 0 spiro atoms. The monoisotopic (exact) mass is 278 g/mol. The van der Waals surface area contributed by atoms with Gasteiger partial charge in [-0.25, -0.2) is 4.79 Å². The smallest absolute Gasteiger partial charge is 0.341 e. The molecule has 0 bridgehead atoms. The summed E-state index contributed by atoms with van der Waals surface area (Å²) in [5.41, 5.74) is -0.302. The molecule has 3 nitrogen and oxygen atoms in total. The van der Waals surface area contributed by atoms with Gasteiger partial charge in [0.25, 0.3) is 0 Å². The first-order valence-electron chi connectivity index (χ1n) is 5.05. The first-order chi connectivity index (χ1) is 8.40.